The summed E-state index contributed by atoms with van der Waals surface area (Å²) in [4.78, 5) is 2.45. The Morgan fingerprint density at radius 1 is 0.360 bits per heavy atom. The monoisotopic (exact) mass is 636 g/mol. The summed E-state index contributed by atoms with van der Waals surface area (Å²) in [7, 11) is 0. The van der Waals surface area contributed by atoms with E-state index in [0.29, 0.717) is 0 Å². The quantitative estimate of drug-likeness (QED) is 0.171. The van der Waals surface area contributed by atoms with Crippen LogP contribution in [0.4, 0.5) is 17.1 Å². The van der Waals surface area contributed by atoms with Gasteiger partial charge >= 0.3 is 0 Å². The predicted octanol–water partition coefficient (Wildman–Crippen LogP) is 13.4. The molecule has 0 saturated carbocycles. The van der Waals surface area contributed by atoms with E-state index in [2.05, 4.69) is 204 Å². The second kappa shape index (κ2) is 11.5. The van der Waals surface area contributed by atoms with E-state index in [4.69, 9.17) is 0 Å². The molecule has 0 radical (unpaired) electrons. The van der Waals surface area contributed by atoms with Crippen molar-refractivity contribution in [1.82, 2.24) is 4.57 Å². The molecule has 2 heteroatoms. The minimum atomic E-state index is 1.10. The molecule has 10 aromatic rings. The summed E-state index contributed by atoms with van der Waals surface area (Å²) in [5.41, 5.74) is 9.22. The third-order valence-corrected chi connectivity index (χ3v) is 10.1. The molecule has 1 heterocycles. The zero-order chi connectivity index (χ0) is 33.0. The van der Waals surface area contributed by atoms with Crippen LogP contribution in [0.5, 0.6) is 0 Å². The van der Waals surface area contributed by atoms with Gasteiger partial charge in [0.15, 0.2) is 0 Å². The van der Waals surface area contributed by atoms with E-state index >= 15 is 0 Å². The zero-order valence-electron chi connectivity index (χ0n) is 27.4. The van der Waals surface area contributed by atoms with Crippen molar-refractivity contribution >= 4 is 71.2 Å². The number of hydrogen-bond acceptors (Lipinski definition) is 1. The van der Waals surface area contributed by atoms with Crippen LogP contribution in [0.15, 0.2) is 194 Å². The van der Waals surface area contributed by atoms with Crippen LogP contribution in [-0.4, -0.2) is 4.57 Å². The lowest BCUT2D eigenvalue weighted by Crippen LogP contribution is -2.12. The minimum absolute atomic E-state index is 1.10. The fraction of sp³-hybridized carbons (Fsp3) is 0. The first kappa shape index (κ1) is 28.4. The van der Waals surface area contributed by atoms with Gasteiger partial charge in [-0.3, -0.25) is 0 Å². The molecule has 0 N–H and O–H groups in total. The van der Waals surface area contributed by atoms with Crippen LogP contribution < -0.4 is 4.90 Å². The van der Waals surface area contributed by atoms with E-state index in [0.717, 1.165) is 22.7 Å². The molecule has 0 bridgehead atoms. The average Bonchev–Trinajstić information content (AvgIpc) is 3.54. The van der Waals surface area contributed by atoms with Crippen molar-refractivity contribution in [2.45, 2.75) is 0 Å². The van der Waals surface area contributed by atoms with E-state index in [9.17, 15) is 0 Å². The molecule has 0 aliphatic heterocycles. The number of nitrogens with zero attached hydrogens (tertiary/aromatic N) is 2. The van der Waals surface area contributed by atoms with Gasteiger partial charge in [0.1, 0.15) is 0 Å². The highest BCUT2D eigenvalue weighted by Crippen LogP contribution is 2.45. The van der Waals surface area contributed by atoms with Gasteiger partial charge < -0.3 is 9.47 Å². The smallest absolute Gasteiger partial charge is 0.0782 e. The van der Waals surface area contributed by atoms with E-state index in [1.807, 2.05) is 0 Å². The molecule has 0 saturated heterocycles. The molecule has 0 fully saturated rings. The van der Waals surface area contributed by atoms with Gasteiger partial charge in [0.05, 0.1) is 16.7 Å². The molecule has 0 unspecified atom stereocenters. The molecule has 0 amide bonds. The number of aromatic nitrogens is 1. The lowest BCUT2D eigenvalue weighted by Gasteiger charge is -2.28. The Labute approximate surface area is 290 Å². The van der Waals surface area contributed by atoms with Crippen LogP contribution in [0.1, 0.15) is 0 Å². The van der Waals surface area contributed by atoms with E-state index in [-0.39, 0.29) is 0 Å². The summed E-state index contributed by atoms with van der Waals surface area (Å²) < 4.78 is 2.43. The predicted molar refractivity (Wildman–Crippen MR) is 213 cm³/mol. The molecule has 9 aromatic carbocycles. The second-order valence-corrected chi connectivity index (χ2v) is 13.0. The van der Waals surface area contributed by atoms with Gasteiger partial charge in [-0.1, -0.05) is 146 Å². The summed E-state index contributed by atoms with van der Waals surface area (Å²) >= 11 is 0. The fourth-order valence-electron chi connectivity index (χ4n) is 7.86. The van der Waals surface area contributed by atoms with Crippen LogP contribution in [0.2, 0.25) is 0 Å². The third kappa shape index (κ3) is 4.50. The molecule has 0 aliphatic rings. The highest BCUT2D eigenvalue weighted by Gasteiger charge is 2.22. The Balaban J connectivity index is 1.31. The molecular formula is C48H32N2. The number of fused-ring (bicyclic) bond motifs is 8. The second-order valence-electron chi connectivity index (χ2n) is 13.0. The van der Waals surface area contributed by atoms with Crippen molar-refractivity contribution in [2.75, 3.05) is 4.90 Å². The van der Waals surface area contributed by atoms with Crippen molar-refractivity contribution in [3.05, 3.63) is 194 Å². The van der Waals surface area contributed by atoms with Crippen LogP contribution in [0.3, 0.4) is 0 Å². The first-order valence-corrected chi connectivity index (χ1v) is 17.2. The van der Waals surface area contributed by atoms with Crippen LogP contribution in [0.25, 0.3) is 70.9 Å². The first-order chi connectivity index (χ1) is 24.8. The number of benzene rings is 9. The van der Waals surface area contributed by atoms with Crippen LogP contribution in [0, 0.1) is 0 Å². The number of anilines is 3. The molecule has 0 atom stereocenters. The fourth-order valence-corrected chi connectivity index (χ4v) is 7.86. The molecule has 0 aliphatic carbocycles. The van der Waals surface area contributed by atoms with Gasteiger partial charge in [0.2, 0.25) is 0 Å². The van der Waals surface area contributed by atoms with E-state index < -0.39 is 0 Å². The first-order valence-electron chi connectivity index (χ1n) is 17.2. The van der Waals surface area contributed by atoms with Crippen molar-refractivity contribution in [2.24, 2.45) is 0 Å². The normalized spacial score (nSPS) is 11.6. The lowest BCUT2D eigenvalue weighted by atomic mass is 9.96. The summed E-state index contributed by atoms with van der Waals surface area (Å²) in [5.74, 6) is 0. The number of hydrogen-bond donors (Lipinski definition) is 0. The Kier molecular flexibility index (Phi) is 6.53. The van der Waals surface area contributed by atoms with Crippen LogP contribution in [-0.2, 0) is 0 Å². The maximum Gasteiger partial charge on any atom is 0.0782 e. The zero-order valence-corrected chi connectivity index (χ0v) is 27.4. The van der Waals surface area contributed by atoms with Gasteiger partial charge in [-0.15, -0.1) is 0 Å². The summed E-state index contributed by atoms with van der Waals surface area (Å²) in [6.07, 6.45) is 0. The Bertz CT molecular complexity index is 2860. The van der Waals surface area contributed by atoms with Gasteiger partial charge in [-0.2, -0.15) is 0 Å². The topological polar surface area (TPSA) is 8.17 Å². The SMILES string of the molecule is c1ccc(-c2cccc(N(c3ccc4ccc5ccc6ccccc6c5c4c3)c3cccc4c5ccccc5n(-c5ccccc5)c34)c2)cc1. The molecule has 2 nitrogen and oxygen atoms in total. The average molecular weight is 637 g/mol. The van der Waals surface area contributed by atoms with Gasteiger partial charge in [0, 0.05) is 27.8 Å². The molecule has 50 heavy (non-hydrogen) atoms. The van der Waals surface area contributed by atoms with Crippen molar-refractivity contribution < 1.29 is 0 Å². The molecular weight excluding hydrogens is 605 g/mol. The number of rotatable bonds is 5. The largest absolute Gasteiger partial charge is 0.308 e. The van der Waals surface area contributed by atoms with Gasteiger partial charge in [-0.05, 0) is 92.0 Å². The number of para-hydroxylation sites is 3. The molecule has 1 aromatic heterocycles. The maximum absolute atomic E-state index is 2.45. The van der Waals surface area contributed by atoms with E-state index in [1.54, 1.807) is 0 Å². The van der Waals surface area contributed by atoms with Crippen molar-refractivity contribution in [3.8, 4) is 16.8 Å². The van der Waals surface area contributed by atoms with Gasteiger partial charge in [0.25, 0.3) is 0 Å². The van der Waals surface area contributed by atoms with Crippen LogP contribution >= 0.6 is 0 Å². The maximum atomic E-state index is 2.45. The van der Waals surface area contributed by atoms with Gasteiger partial charge in [-0.25, -0.2) is 0 Å². The summed E-state index contributed by atoms with van der Waals surface area (Å²) in [5, 5.41) is 10.0. The lowest BCUT2D eigenvalue weighted by molar-refractivity contribution is 1.17. The summed E-state index contributed by atoms with van der Waals surface area (Å²) in [6, 6.07) is 70.6. The minimum Gasteiger partial charge on any atom is -0.308 e. The highest BCUT2D eigenvalue weighted by atomic mass is 15.2. The molecule has 10 rings (SSSR count). The standard InChI is InChI=1S/C48H32N2/c1-3-13-33(14-4-1)37-16-11-19-39(31-37)49(40-30-29-35-26-28-36-27-25-34-15-7-8-20-41(34)47(36)44(35)32-40)46-24-12-22-43-42-21-9-10-23-45(42)50(48(43)46)38-17-5-2-6-18-38/h1-32H. The Morgan fingerprint density at radius 2 is 0.960 bits per heavy atom. The third-order valence-electron chi connectivity index (χ3n) is 10.1. The van der Waals surface area contributed by atoms with E-state index in [1.165, 1.54) is 65.3 Å². The highest BCUT2D eigenvalue weighted by molar-refractivity contribution is 6.21. The molecule has 0 spiro atoms. The Hall–Kier alpha value is -6.64. The Morgan fingerprint density at radius 3 is 1.80 bits per heavy atom. The summed E-state index contributed by atoms with van der Waals surface area (Å²) in [6.45, 7) is 0. The van der Waals surface area contributed by atoms with Crippen molar-refractivity contribution in [1.29, 1.82) is 0 Å². The van der Waals surface area contributed by atoms with Crippen molar-refractivity contribution in [3.63, 3.8) is 0 Å². The molecule has 234 valence electrons.